The van der Waals surface area contributed by atoms with E-state index in [9.17, 15) is 4.79 Å². The molecule has 1 amide bonds. The number of likely N-dealkylation sites (N-methyl/N-ethyl adjacent to an activating group) is 1. The predicted molar refractivity (Wildman–Crippen MR) is 79.6 cm³/mol. The quantitative estimate of drug-likeness (QED) is 0.840. The summed E-state index contributed by atoms with van der Waals surface area (Å²) >= 11 is 6.58. The highest BCUT2D eigenvalue weighted by Crippen LogP contribution is 2.17. The van der Waals surface area contributed by atoms with Crippen LogP contribution < -0.4 is 0 Å². The number of hydrogen-bond acceptors (Lipinski definition) is 3. The first kappa shape index (κ1) is 15.4. The van der Waals surface area contributed by atoms with Crippen molar-refractivity contribution in [3.05, 3.63) is 14.5 Å². The predicted octanol–water partition coefficient (Wildman–Crippen LogP) is 3.55. The second-order valence-electron chi connectivity index (χ2n) is 5.22. The van der Waals surface area contributed by atoms with Gasteiger partial charge in [0.1, 0.15) is 0 Å². The number of rotatable bonds is 5. The Hall–Kier alpha value is -0.680. The van der Waals surface area contributed by atoms with E-state index in [1.165, 1.54) is 11.3 Å². The fourth-order valence-corrected chi connectivity index (χ4v) is 3.24. The standard InChI is InChI=1S/C13H22N2OS2/c1-8(2)6-9(3)15(5)12(16)7-11-10(4)14-13(17)18-11/h8-9H,6-7H2,1-5H3,(H,14,17). The highest BCUT2D eigenvalue weighted by atomic mass is 32.1. The Morgan fingerprint density at radius 2 is 2.06 bits per heavy atom. The number of aryl methyl sites for hydroxylation is 1. The molecule has 0 aliphatic heterocycles. The van der Waals surface area contributed by atoms with Crippen molar-refractivity contribution in [2.75, 3.05) is 7.05 Å². The molecular weight excluding hydrogens is 264 g/mol. The highest BCUT2D eigenvalue weighted by Gasteiger charge is 2.18. The van der Waals surface area contributed by atoms with Crippen molar-refractivity contribution >= 4 is 29.5 Å². The van der Waals surface area contributed by atoms with Gasteiger partial charge in [-0.2, -0.15) is 0 Å². The topological polar surface area (TPSA) is 36.1 Å². The summed E-state index contributed by atoms with van der Waals surface area (Å²) in [6.07, 6.45) is 1.48. The summed E-state index contributed by atoms with van der Waals surface area (Å²) in [6, 6.07) is 0.282. The molecule has 0 saturated carbocycles. The molecule has 0 aromatic carbocycles. The van der Waals surface area contributed by atoms with Gasteiger partial charge in [0, 0.05) is 23.7 Å². The van der Waals surface area contributed by atoms with Crippen molar-refractivity contribution in [2.45, 2.75) is 46.6 Å². The molecule has 1 heterocycles. The van der Waals surface area contributed by atoms with Crippen molar-refractivity contribution in [3.8, 4) is 0 Å². The van der Waals surface area contributed by atoms with Gasteiger partial charge in [-0.3, -0.25) is 4.79 Å². The molecule has 3 nitrogen and oxygen atoms in total. The number of thiazole rings is 1. The number of carbonyl (C=O) groups is 1. The number of hydrogen-bond donors (Lipinski definition) is 1. The Balaban J connectivity index is 2.65. The van der Waals surface area contributed by atoms with Crippen LogP contribution in [0.2, 0.25) is 0 Å². The molecule has 1 unspecified atom stereocenters. The van der Waals surface area contributed by atoms with Crippen LogP contribution >= 0.6 is 23.6 Å². The fourth-order valence-electron chi connectivity index (χ4n) is 1.95. The number of aromatic nitrogens is 1. The van der Waals surface area contributed by atoms with Crippen molar-refractivity contribution < 1.29 is 4.79 Å². The Morgan fingerprint density at radius 3 is 2.50 bits per heavy atom. The number of nitrogens with zero attached hydrogens (tertiary/aromatic N) is 1. The minimum absolute atomic E-state index is 0.163. The maximum Gasteiger partial charge on any atom is 0.227 e. The van der Waals surface area contributed by atoms with Gasteiger partial charge in [0.05, 0.1) is 6.42 Å². The van der Waals surface area contributed by atoms with Crippen molar-refractivity contribution in [1.82, 2.24) is 9.88 Å². The van der Waals surface area contributed by atoms with E-state index in [1.807, 2.05) is 18.9 Å². The largest absolute Gasteiger partial charge is 0.343 e. The van der Waals surface area contributed by atoms with Gasteiger partial charge in [0.2, 0.25) is 5.91 Å². The van der Waals surface area contributed by atoms with Gasteiger partial charge in [-0.25, -0.2) is 0 Å². The van der Waals surface area contributed by atoms with Crippen LogP contribution in [0, 0.1) is 16.8 Å². The molecule has 0 fully saturated rings. The molecule has 0 aliphatic carbocycles. The smallest absolute Gasteiger partial charge is 0.227 e. The van der Waals surface area contributed by atoms with Crippen molar-refractivity contribution in [3.63, 3.8) is 0 Å². The lowest BCUT2D eigenvalue weighted by molar-refractivity contribution is -0.131. The van der Waals surface area contributed by atoms with E-state index < -0.39 is 0 Å². The lowest BCUT2D eigenvalue weighted by atomic mass is 10.0. The zero-order chi connectivity index (χ0) is 13.9. The number of nitrogens with one attached hydrogen (secondary N) is 1. The normalized spacial score (nSPS) is 12.8. The monoisotopic (exact) mass is 286 g/mol. The van der Waals surface area contributed by atoms with E-state index in [0.29, 0.717) is 12.3 Å². The summed E-state index contributed by atoms with van der Waals surface area (Å²) in [4.78, 5) is 18.2. The molecule has 1 aromatic rings. The Bertz CT molecular complexity index is 462. The second kappa shape index (κ2) is 6.48. The van der Waals surface area contributed by atoms with Crippen LogP contribution in [0.1, 0.15) is 37.8 Å². The Kier molecular flexibility index (Phi) is 5.53. The molecule has 0 aliphatic rings. The van der Waals surface area contributed by atoms with Crippen LogP contribution in [0.25, 0.3) is 0 Å². The van der Waals surface area contributed by atoms with E-state index in [4.69, 9.17) is 12.2 Å². The molecule has 5 heteroatoms. The summed E-state index contributed by atoms with van der Waals surface area (Å²) in [5.41, 5.74) is 1.02. The SMILES string of the molecule is Cc1[nH]c(=S)sc1CC(=O)N(C)C(C)CC(C)C. The van der Waals surface area contributed by atoms with E-state index >= 15 is 0 Å². The molecule has 1 N–H and O–H groups in total. The van der Waals surface area contributed by atoms with Gasteiger partial charge in [0.25, 0.3) is 0 Å². The zero-order valence-electron chi connectivity index (χ0n) is 11.7. The van der Waals surface area contributed by atoms with Gasteiger partial charge in [-0.1, -0.05) is 13.8 Å². The molecule has 1 rings (SSSR count). The maximum absolute atomic E-state index is 12.2. The molecule has 0 spiro atoms. The van der Waals surface area contributed by atoms with Gasteiger partial charge >= 0.3 is 0 Å². The van der Waals surface area contributed by atoms with E-state index in [1.54, 1.807) is 0 Å². The third-order valence-corrected chi connectivity index (χ3v) is 4.44. The number of H-pyrrole nitrogens is 1. The lowest BCUT2D eigenvalue weighted by Crippen LogP contribution is -2.36. The van der Waals surface area contributed by atoms with Crippen molar-refractivity contribution in [1.29, 1.82) is 0 Å². The van der Waals surface area contributed by atoms with Crippen LogP contribution in [-0.2, 0) is 11.2 Å². The first-order valence-corrected chi connectivity index (χ1v) is 7.48. The van der Waals surface area contributed by atoms with Gasteiger partial charge in [-0.15, -0.1) is 11.3 Å². The lowest BCUT2D eigenvalue weighted by Gasteiger charge is -2.26. The summed E-state index contributed by atoms with van der Waals surface area (Å²) in [5, 5.41) is 0. The average molecular weight is 286 g/mol. The zero-order valence-corrected chi connectivity index (χ0v) is 13.4. The summed E-state index contributed by atoms with van der Waals surface area (Å²) in [6.45, 7) is 8.42. The summed E-state index contributed by atoms with van der Waals surface area (Å²) < 4.78 is 0.744. The molecule has 0 saturated heterocycles. The minimum atomic E-state index is 0.163. The second-order valence-corrected chi connectivity index (χ2v) is 6.99. The van der Waals surface area contributed by atoms with Crippen LogP contribution in [0.3, 0.4) is 0 Å². The Labute approximate surface area is 118 Å². The van der Waals surface area contributed by atoms with Gasteiger partial charge in [-0.05, 0) is 38.4 Å². The third-order valence-electron chi connectivity index (χ3n) is 3.10. The molecule has 1 atom stereocenters. The highest BCUT2D eigenvalue weighted by molar-refractivity contribution is 7.73. The van der Waals surface area contributed by atoms with Crippen LogP contribution in [-0.4, -0.2) is 28.9 Å². The van der Waals surface area contributed by atoms with Crippen LogP contribution in [0.4, 0.5) is 0 Å². The number of amides is 1. The average Bonchev–Trinajstić information content (AvgIpc) is 2.55. The first-order valence-electron chi connectivity index (χ1n) is 6.25. The van der Waals surface area contributed by atoms with Gasteiger partial charge < -0.3 is 9.88 Å². The maximum atomic E-state index is 12.2. The third kappa shape index (κ3) is 4.21. The Morgan fingerprint density at radius 1 is 1.44 bits per heavy atom. The number of aromatic amines is 1. The van der Waals surface area contributed by atoms with Crippen LogP contribution in [0.15, 0.2) is 0 Å². The summed E-state index contributed by atoms with van der Waals surface area (Å²) in [5.74, 6) is 0.766. The van der Waals surface area contributed by atoms with E-state index in [-0.39, 0.29) is 11.9 Å². The number of carbonyl (C=O) groups excluding carboxylic acids is 1. The molecule has 0 bridgehead atoms. The van der Waals surface area contributed by atoms with E-state index in [0.717, 1.165) is 20.9 Å². The van der Waals surface area contributed by atoms with Crippen LogP contribution in [0.5, 0.6) is 0 Å². The molecule has 18 heavy (non-hydrogen) atoms. The molecule has 102 valence electrons. The summed E-state index contributed by atoms with van der Waals surface area (Å²) in [7, 11) is 1.89. The van der Waals surface area contributed by atoms with Crippen molar-refractivity contribution in [2.24, 2.45) is 5.92 Å². The van der Waals surface area contributed by atoms with Gasteiger partial charge in [0.15, 0.2) is 3.95 Å². The van der Waals surface area contributed by atoms with E-state index in [2.05, 4.69) is 25.8 Å². The molecule has 0 radical (unpaired) electrons. The molecule has 1 aromatic heterocycles. The minimum Gasteiger partial charge on any atom is -0.343 e. The molecular formula is C13H22N2OS2. The fraction of sp³-hybridized carbons (Fsp3) is 0.692. The first-order chi connectivity index (χ1) is 8.31.